The number of halogens is 2. The van der Waals surface area contributed by atoms with E-state index in [0.29, 0.717) is 19.6 Å². The molecule has 2 N–H and O–H groups in total. The van der Waals surface area contributed by atoms with Crippen molar-refractivity contribution >= 4 is 0 Å². The van der Waals surface area contributed by atoms with E-state index in [-0.39, 0.29) is 6.54 Å². The Kier molecular flexibility index (Phi) is 7.93. The Morgan fingerprint density at radius 3 is 2.21 bits per heavy atom. The fraction of sp³-hybridized carbons (Fsp3) is 1.00. The zero-order chi connectivity index (χ0) is 11.0. The molecule has 0 heterocycles. The minimum Gasteiger partial charge on any atom is -0.329 e. The Hall–Kier alpha value is -0.260. The van der Waals surface area contributed by atoms with Crippen LogP contribution in [-0.2, 0) is 0 Å². The van der Waals surface area contributed by atoms with E-state index in [1.54, 1.807) is 4.90 Å². The lowest BCUT2D eigenvalue weighted by molar-refractivity contribution is 0.0880. The van der Waals surface area contributed by atoms with E-state index >= 15 is 0 Å². The molecule has 0 unspecified atom stereocenters. The molecule has 0 atom stereocenters. The van der Waals surface area contributed by atoms with Crippen molar-refractivity contribution in [1.29, 1.82) is 0 Å². The molecule has 0 aliphatic heterocycles. The van der Waals surface area contributed by atoms with Crippen molar-refractivity contribution < 1.29 is 8.78 Å². The van der Waals surface area contributed by atoms with Crippen LogP contribution in [0.3, 0.4) is 0 Å². The molecule has 0 saturated heterocycles. The van der Waals surface area contributed by atoms with E-state index in [2.05, 4.69) is 0 Å². The van der Waals surface area contributed by atoms with Gasteiger partial charge in [-0.3, -0.25) is 4.90 Å². The van der Waals surface area contributed by atoms with Crippen LogP contribution in [0.2, 0.25) is 0 Å². The number of alkyl halides is 2. The standard InChI is InChI=1S/C9H21F2N3/c1-13(2)5-3-6-14(7-4-12)8-9(10)11/h9H,3-8,12H2,1-2H3. The molecule has 0 amide bonds. The fourth-order valence-corrected chi connectivity index (χ4v) is 1.28. The second kappa shape index (κ2) is 8.08. The molecule has 0 aromatic carbocycles. The lowest BCUT2D eigenvalue weighted by Crippen LogP contribution is -2.35. The molecule has 0 aromatic heterocycles. The summed E-state index contributed by atoms with van der Waals surface area (Å²) in [6, 6.07) is 0. The molecule has 5 heteroatoms. The first-order valence-electron chi connectivity index (χ1n) is 4.91. The van der Waals surface area contributed by atoms with E-state index in [1.165, 1.54) is 0 Å². The predicted octanol–water partition coefficient (Wildman–Crippen LogP) is 0.464. The van der Waals surface area contributed by atoms with Gasteiger partial charge in [0.05, 0.1) is 6.54 Å². The zero-order valence-electron chi connectivity index (χ0n) is 9.05. The number of hydrogen-bond donors (Lipinski definition) is 1. The van der Waals surface area contributed by atoms with Gasteiger partial charge in [0.25, 0.3) is 6.43 Å². The van der Waals surface area contributed by atoms with Gasteiger partial charge in [0, 0.05) is 13.1 Å². The van der Waals surface area contributed by atoms with Gasteiger partial charge in [0.1, 0.15) is 0 Å². The number of nitrogens with zero attached hydrogens (tertiary/aromatic N) is 2. The van der Waals surface area contributed by atoms with Crippen molar-refractivity contribution in [2.75, 3.05) is 46.8 Å². The highest BCUT2D eigenvalue weighted by Crippen LogP contribution is 1.99. The average molecular weight is 209 g/mol. The van der Waals surface area contributed by atoms with E-state index in [4.69, 9.17) is 5.73 Å². The minimum atomic E-state index is -2.26. The second-order valence-corrected chi connectivity index (χ2v) is 3.64. The lowest BCUT2D eigenvalue weighted by Gasteiger charge is -2.21. The number of rotatable bonds is 8. The van der Waals surface area contributed by atoms with Gasteiger partial charge in [-0.05, 0) is 33.6 Å². The SMILES string of the molecule is CN(C)CCCN(CCN)CC(F)F. The molecule has 0 aliphatic carbocycles. The minimum absolute atomic E-state index is 0.162. The highest BCUT2D eigenvalue weighted by Gasteiger charge is 2.10. The summed E-state index contributed by atoms with van der Waals surface area (Å²) in [5, 5.41) is 0. The summed E-state index contributed by atoms with van der Waals surface area (Å²) in [4.78, 5) is 3.76. The third-order valence-electron chi connectivity index (χ3n) is 1.92. The Labute approximate surface area is 84.8 Å². The van der Waals surface area contributed by atoms with Crippen LogP contribution in [0.1, 0.15) is 6.42 Å². The maximum absolute atomic E-state index is 12.1. The van der Waals surface area contributed by atoms with Gasteiger partial charge in [0.2, 0.25) is 0 Å². The van der Waals surface area contributed by atoms with Gasteiger partial charge in [-0.2, -0.15) is 0 Å². The summed E-state index contributed by atoms with van der Waals surface area (Å²) in [7, 11) is 3.95. The summed E-state index contributed by atoms with van der Waals surface area (Å²) < 4.78 is 24.2. The van der Waals surface area contributed by atoms with Gasteiger partial charge in [-0.15, -0.1) is 0 Å². The van der Waals surface area contributed by atoms with E-state index in [9.17, 15) is 8.78 Å². The quantitative estimate of drug-likeness (QED) is 0.630. The van der Waals surface area contributed by atoms with Crippen LogP contribution in [0.15, 0.2) is 0 Å². The molecular weight excluding hydrogens is 188 g/mol. The largest absolute Gasteiger partial charge is 0.329 e. The van der Waals surface area contributed by atoms with Crippen molar-refractivity contribution in [1.82, 2.24) is 9.80 Å². The Morgan fingerprint density at radius 1 is 1.14 bits per heavy atom. The zero-order valence-corrected chi connectivity index (χ0v) is 9.05. The average Bonchev–Trinajstić information content (AvgIpc) is 2.02. The van der Waals surface area contributed by atoms with E-state index in [1.807, 2.05) is 19.0 Å². The Morgan fingerprint density at radius 2 is 1.79 bits per heavy atom. The van der Waals surface area contributed by atoms with Crippen molar-refractivity contribution in [3.05, 3.63) is 0 Å². The molecule has 0 rings (SSSR count). The number of hydrogen-bond acceptors (Lipinski definition) is 3. The van der Waals surface area contributed by atoms with Crippen molar-refractivity contribution in [3.63, 3.8) is 0 Å². The third-order valence-corrected chi connectivity index (χ3v) is 1.92. The van der Waals surface area contributed by atoms with E-state index in [0.717, 1.165) is 13.0 Å². The summed E-state index contributed by atoms with van der Waals surface area (Å²) >= 11 is 0. The molecule has 0 bridgehead atoms. The highest BCUT2D eigenvalue weighted by atomic mass is 19.3. The molecule has 0 spiro atoms. The van der Waals surface area contributed by atoms with Crippen LogP contribution in [-0.4, -0.2) is 63.0 Å². The molecule has 0 fully saturated rings. The Bertz CT molecular complexity index is 131. The van der Waals surface area contributed by atoms with Gasteiger partial charge >= 0.3 is 0 Å². The molecule has 14 heavy (non-hydrogen) atoms. The van der Waals surface area contributed by atoms with Gasteiger partial charge in [0.15, 0.2) is 0 Å². The second-order valence-electron chi connectivity index (χ2n) is 3.64. The fourth-order valence-electron chi connectivity index (χ4n) is 1.28. The maximum atomic E-state index is 12.1. The van der Waals surface area contributed by atoms with Crippen LogP contribution >= 0.6 is 0 Å². The molecule has 0 saturated carbocycles. The summed E-state index contributed by atoms with van der Waals surface area (Å²) in [6.07, 6.45) is -1.36. The van der Waals surface area contributed by atoms with Crippen LogP contribution in [0.5, 0.6) is 0 Å². The topological polar surface area (TPSA) is 32.5 Å². The molecule has 0 aromatic rings. The Balaban J connectivity index is 3.61. The van der Waals surface area contributed by atoms with Crippen molar-refractivity contribution in [2.24, 2.45) is 5.73 Å². The predicted molar refractivity (Wildman–Crippen MR) is 54.7 cm³/mol. The van der Waals surface area contributed by atoms with Crippen LogP contribution in [0.4, 0.5) is 8.78 Å². The summed E-state index contributed by atoms with van der Waals surface area (Å²) in [5.74, 6) is 0. The van der Waals surface area contributed by atoms with Crippen LogP contribution in [0, 0.1) is 0 Å². The first kappa shape index (κ1) is 13.7. The normalized spacial score (nSPS) is 12.0. The van der Waals surface area contributed by atoms with Crippen LogP contribution in [0.25, 0.3) is 0 Å². The first-order valence-corrected chi connectivity index (χ1v) is 4.91. The lowest BCUT2D eigenvalue weighted by atomic mass is 10.3. The maximum Gasteiger partial charge on any atom is 0.251 e. The summed E-state index contributed by atoms with van der Waals surface area (Å²) in [5.41, 5.74) is 5.34. The first-order chi connectivity index (χ1) is 6.56. The molecule has 0 aliphatic rings. The third kappa shape index (κ3) is 8.34. The molecule has 3 nitrogen and oxygen atoms in total. The summed E-state index contributed by atoms with van der Waals surface area (Å²) in [6.45, 7) is 2.45. The highest BCUT2D eigenvalue weighted by molar-refractivity contribution is 4.60. The van der Waals surface area contributed by atoms with E-state index < -0.39 is 6.43 Å². The molecule has 86 valence electrons. The van der Waals surface area contributed by atoms with Gasteiger partial charge < -0.3 is 10.6 Å². The number of nitrogens with two attached hydrogens (primary N) is 1. The van der Waals surface area contributed by atoms with Gasteiger partial charge in [-0.1, -0.05) is 0 Å². The van der Waals surface area contributed by atoms with Gasteiger partial charge in [-0.25, -0.2) is 8.78 Å². The monoisotopic (exact) mass is 209 g/mol. The smallest absolute Gasteiger partial charge is 0.251 e. The van der Waals surface area contributed by atoms with Crippen LogP contribution < -0.4 is 5.73 Å². The van der Waals surface area contributed by atoms with Crippen molar-refractivity contribution in [3.8, 4) is 0 Å². The molecule has 0 radical (unpaired) electrons. The molecular formula is C9H21F2N3. The van der Waals surface area contributed by atoms with Crippen molar-refractivity contribution in [2.45, 2.75) is 12.8 Å².